The fraction of sp³-hybridized carbons (Fsp3) is 0.267. The van der Waals surface area contributed by atoms with Crippen molar-refractivity contribution in [2.45, 2.75) is 32.5 Å². The van der Waals surface area contributed by atoms with E-state index in [1.54, 1.807) is 0 Å². The number of nitrogens with zero attached hydrogens (tertiary/aromatic N) is 1. The first-order chi connectivity index (χ1) is 19.5. The lowest BCUT2D eigenvalue weighted by Gasteiger charge is -2.30. The fourth-order valence-corrected chi connectivity index (χ4v) is 4.74. The van der Waals surface area contributed by atoms with E-state index in [1.807, 2.05) is 4.90 Å². The predicted octanol–water partition coefficient (Wildman–Crippen LogP) is 7.85. The van der Waals surface area contributed by atoms with Crippen molar-refractivity contribution in [3.05, 3.63) is 98.6 Å². The Hall–Kier alpha value is -3.89. The van der Waals surface area contributed by atoms with E-state index in [9.17, 15) is 27.2 Å². The first-order valence-electron chi connectivity index (χ1n) is 12.8. The lowest BCUT2D eigenvalue weighted by atomic mass is 9.98. The van der Waals surface area contributed by atoms with Crippen LogP contribution >= 0.6 is 11.6 Å². The van der Waals surface area contributed by atoms with Gasteiger partial charge in [-0.1, -0.05) is 18.5 Å². The molecule has 0 radical (unpaired) electrons. The molecule has 1 aliphatic rings. The van der Waals surface area contributed by atoms with Crippen LogP contribution in [-0.4, -0.2) is 24.0 Å². The highest BCUT2D eigenvalue weighted by atomic mass is 35.5. The van der Waals surface area contributed by atoms with Crippen LogP contribution in [0.5, 0.6) is 17.2 Å². The van der Waals surface area contributed by atoms with Crippen molar-refractivity contribution in [2.24, 2.45) is 5.92 Å². The number of carbonyl (C=O) groups excluding carboxylic acids is 1. The van der Waals surface area contributed by atoms with E-state index in [-0.39, 0.29) is 40.1 Å². The van der Waals surface area contributed by atoms with E-state index < -0.39 is 34.9 Å². The summed E-state index contributed by atoms with van der Waals surface area (Å²) in [6, 6.07) is 12.7. The molecule has 0 spiro atoms. The summed E-state index contributed by atoms with van der Waals surface area (Å²) in [6.07, 6.45) is -3.35. The third-order valence-corrected chi connectivity index (χ3v) is 7.16. The van der Waals surface area contributed by atoms with E-state index in [4.69, 9.17) is 25.5 Å². The van der Waals surface area contributed by atoms with Gasteiger partial charge in [-0.25, -0.2) is 9.18 Å². The molecule has 2 heterocycles. The van der Waals surface area contributed by atoms with Gasteiger partial charge in [-0.2, -0.15) is 13.2 Å². The summed E-state index contributed by atoms with van der Waals surface area (Å²) in [5.74, 6) is -3.69. The van der Waals surface area contributed by atoms with E-state index in [0.29, 0.717) is 24.0 Å². The highest BCUT2D eigenvalue weighted by molar-refractivity contribution is 6.30. The van der Waals surface area contributed by atoms with Gasteiger partial charge in [0.15, 0.2) is 0 Å². The number of carbonyl (C=O) groups is 1. The van der Waals surface area contributed by atoms with E-state index in [1.165, 1.54) is 48.5 Å². The molecule has 3 aromatic carbocycles. The Labute approximate surface area is 237 Å². The van der Waals surface area contributed by atoms with Gasteiger partial charge in [0.1, 0.15) is 22.9 Å². The number of esters is 1. The first kappa shape index (κ1) is 28.6. The molecule has 0 bridgehead atoms. The molecule has 0 aliphatic carbocycles. The molecular weight excluding hydrogens is 566 g/mol. The molecule has 1 fully saturated rings. The van der Waals surface area contributed by atoms with Gasteiger partial charge >= 0.3 is 12.1 Å². The van der Waals surface area contributed by atoms with Gasteiger partial charge in [-0.15, -0.1) is 0 Å². The van der Waals surface area contributed by atoms with Crippen LogP contribution in [0.1, 0.15) is 41.4 Å². The van der Waals surface area contributed by atoms with Gasteiger partial charge in [0.25, 0.3) is 5.76 Å². The quantitative estimate of drug-likeness (QED) is 0.130. The minimum atomic E-state index is -5.09. The fourth-order valence-electron chi connectivity index (χ4n) is 4.61. The summed E-state index contributed by atoms with van der Waals surface area (Å²) in [7, 11) is 0. The van der Waals surface area contributed by atoms with Crippen LogP contribution in [0.15, 0.2) is 69.9 Å². The maximum absolute atomic E-state index is 14.3. The number of hydrogen-bond acceptors (Lipinski definition) is 6. The van der Waals surface area contributed by atoms with Crippen LogP contribution in [0, 0.1) is 11.7 Å². The number of halogens is 5. The van der Waals surface area contributed by atoms with Crippen LogP contribution in [0.25, 0.3) is 11.0 Å². The molecule has 11 heteroatoms. The molecule has 0 saturated carbocycles. The molecular formula is C30H24ClF4NO5. The van der Waals surface area contributed by atoms with Crippen LogP contribution in [0.3, 0.4) is 0 Å². The zero-order chi connectivity index (χ0) is 29.3. The van der Waals surface area contributed by atoms with Crippen molar-refractivity contribution in [3.63, 3.8) is 0 Å². The third kappa shape index (κ3) is 6.39. The summed E-state index contributed by atoms with van der Waals surface area (Å²) in [5.41, 5.74) is -1.27. The number of rotatable bonds is 6. The Kier molecular flexibility index (Phi) is 8.06. The van der Waals surface area contributed by atoms with Gasteiger partial charge < -0.3 is 13.9 Å². The van der Waals surface area contributed by atoms with Crippen LogP contribution < -0.4 is 14.9 Å². The highest BCUT2D eigenvalue weighted by Gasteiger charge is 2.41. The number of piperidine rings is 1. The third-order valence-electron chi connectivity index (χ3n) is 6.91. The minimum Gasteiger partial charge on any atom is -0.449 e. The van der Waals surface area contributed by atoms with Crippen molar-refractivity contribution < 1.29 is 36.2 Å². The number of hydrogen-bond donors (Lipinski definition) is 0. The summed E-state index contributed by atoms with van der Waals surface area (Å²) < 4.78 is 72.5. The van der Waals surface area contributed by atoms with Crippen molar-refractivity contribution in [3.8, 4) is 17.2 Å². The van der Waals surface area contributed by atoms with Crippen molar-refractivity contribution in [1.29, 1.82) is 0 Å². The van der Waals surface area contributed by atoms with Crippen LogP contribution in [-0.2, 0) is 12.7 Å². The first-order valence-corrected chi connectivity index (χ1v) is 13.2. The number of ether oxygens (including phenoxy) is 2. The van der Waals surface area contributed by atoms with Crippen molar-refractivity contribution in [2.75, 3.05) is 13.1 Å². The number of benzene rings is 3. The molecule has 41 heavy (non-hydrogen) atoms. The maximum Gasteiger partial charge on any atom is 0.453 e. The smallest absolute Gasteiger partial charge is 0.449 e. The highest BCUT2D eigenvalue weighted by Crippen LogP contribution is 2.40. The largest absolute Gasteiger partial charge is 0.453 e. The van der Waals surface area contributed by atoms with E-state index >= 15 is 0 Å². The predicted molar refractivity (Wildman–Crippen MR) is 144 cm³/mol. The summed E-state index contributed by atoms with van der Waals surface area (Å²) in [5, 5.41) is 0.155. The van der Waals surface area contributed by atoms with Gasteiger partial charge in [-0.05, 0) is 92.5 Å². The number of likely N-dealkylation sites (tertiary alicyclic amines) is 1. The topological polar surface area (TPSA) is 69.0 Å². The summed E-state index contributed by atoms with van der Waals surface area (Å²) in [6.45, 7) is 3.48. The second kappa shape index (κ2) is 11.5. The normalized spacial score (nSPS) is 14.8. The average molecular weight is 590 g/mol. The zero-order valence-electron chi connectivity index (χ0n) is 21.8. The Morgan fingerprint density at radius 3 is 2.32 bits per heavy atom. The summed E-state index contributed by atoms with van der Waals surface area (Å²) >= 11 is 5.86. The molecule has 6 nitrogen and oxygen atoms in total. The van der Waals surface area contributed by atoms with Gasteiger partial charge in [0.2, 0.25) is 11.2 Å². The van der Waals surface area contributed by atoms with Gasteiger partial charge in [0.05, 0.1) is 16.5 Å². The summed E-state index contributed by atoms with van der Waals surface area (Å²) in [4.78, 5) is 28.3. The van der Waals surface area contributed by atoms with E-state index in [0.717, 1.165) is 25.0 Å². The van der Waals surface area contributed by atoms with E-state index in [2.05, 4.69) is 6.92 Å². The van der Waals surface area contributed by atoms with Gasteiger partial charge in [0, 0.05) is 11.6 Å². The van der Waals surface area contributed by atoms with Crippen LogP contribution in [0.2, 0.25) is 5.02 Å². The molecule has 4 aromatic rings. The zero-order valence-corrected chi connectivity index (χ0v) is 22.5. The molecule has 1 aliphatic heterocycles. The average Bonchev–Trinajstić information content (AvgIpc) is 2.93. The molecule has 1 saturated heterocycles. The Morgan fingerprint density at radius 2 is 1.68 bits per heavy atom. The molecule has 0 amide bonds. The molecule has 0 N–H and O–H groups in total. The molecule has 0 unspecified atom stereocenters. The maximum atomic E-state index is 14.3. The Balaban J connectivity index is 1.64. The second-order valence-electron chi connectivity index (χ2n) is 9.92. The van der Waals surface area contributed by atoms with Crippen molar-refractivity contribution >= 4 is 28.5 Å². The van der Waals surface area contributed by atoms with Gasteiger partial charge in [-0.3, -0.25) is 9.69 Å². The number of fused-ring (bicyclic) bond motifs is 1. The standard InChI is InChI=1S/C30H24ClF4NO5/c1-17-12-14-36(15-13-17)16-23-24(40-29(38)18-2-6-20(32)7-3-18)11-10-22-25(37)27(28(30(33,34)35)41-26(22)23)39-21-8-4-19(31)5-9-21/h2-11,17H,12-16H2,1H3. The molecule has 5 rings (SSSR count). The Bertz CT molecular complexity index is 1630. The molecule has 214 valence electrons. The minimum absolute atomic E-state index is 0.0355. The van der Waals surface area contributed by atoms with Crippen molar-refractivity contribution in [1.82, 2.24) is 4.90 Å². The number of alkyl halides is 3. The molecule has 0 atom stereocenters. The lowest BCUT2D eigenvalue weighted by Crippen LogP contribution is -2.32. The SMILES string of the molecule is CC1CCN(Cc2c(OC(=O)c3ccc(F)cc3)ccc3c(=O)c(Oc4ccc(Cl)cc4)c(C(F)(F)F)oc23)CC1. The van der Waals surface area contributed by atoms with Crippen LogP contribution in [0.4, 0.5) is 17.6 Å². The molecule has 1 aromatic heterocycles. The Morgan fingerprint density at radius 1 is 1.02 bits per heavy atom. The lowest BCUT2D eigenvalue weighted by molar-refractivity contribution is -0.154. The second-order valence-corrected chi connectivity index (χ2v) is 10.4. The monoisotopic (exact) mass is 589 g/mol.